The van der Waals surface area contributed by atoms with Crippen LogP contribution in [-0.4, -0.2) is 26.8 Å². The zero-order chi connectivity index (χ0) is 17.9. The lowest BCUT2D eigenvalue weighted by molar-refractivity contribution is 0.0951. The van der Waals surface area contributed by atoms with Crippen LogP contribution in [0.25, 0.3) is 5.69 Å². The van der Waals surface area contributed by atoms with Crippen molar-refractivity contribution in [1.82, 2.24) is 19.7 Å². The van der Waals surface area contributed by atoms with Gasteiger partial charge in [-0.05, 0) is 61.2 Å². The number of aryl methyl sites for hydroxylation is 2. The number of fused-ring (bicyclic) bond motifs is 1. The number of rotatable bonds is 5. The van der Waals surface area contributed by atoms with Gasteiger partial charge in [-0.2, -0.15) is 5.10 Å². The monoisotopic (exact) mass is 348 g/mol. The summed E-state index contributed by atoms with van der Waals surface area (Å²) in [5, 5.41) is 7.26. The molecular weight excluding hydrogens is 328 g/mol. The van der Waals surface area contributed by atoms with Gasteiger partial charge >= 0.3 is 0 Å². The number of nitrogens with zero attached hydrogens (tertiary/aromatic N) is 3. The second kappa shape index (κ2) is 7.00. The first-order valence-corrected chi connectivity index (χ1v) is 8.82. The standard InChI is InChI=1S/C20H20N4O2/c25-19-14-16-4-3-5-18(16)22-24(19)13-10-21-20(26)15-6-8-17(9-7-15)23-11-1-2-12-23/h1-2,6-9,11-12,14H,3-5,10,13H2,(H,21,26). The number of aromatic nitrogens is 3. The molecule has 1 aromatic carbocycles. The van der Waals surface area contributed by atoms with Crippen molar-refractivity contribution in [2.24, 2.45) is 0 Å². The summed E-state index contributed by atoms with van der Waals surface area (Å²) in [5.74, 6) is -0.154. The van der Waals surface area contributed by atoms with Crippen LogP contribution in [0, 0.1) is 0 Å². The quantitative estimate of drug-likeness (QED) is 0.766. The predicted molar refractivity (Wildman–Crippen MR) is 98.6 cm³/mol. The highest BCUT2D eigenvalue weighted by atomic mass is 16.1. The van der Waals surface area contributed by atoms with Crippen LogP contribution in [-0.2, 0) is 19.4 Å². The molecule has 0 bridgehead atoms. The fraction of sp³-hybridized carbons (Fsp3) is 0.250. The van der Waals surface area contributed by atoms with Crippen molar-refractivity contribution in [3.05, 3.63) is 82.0 Å². The Balaban J connectivity index is 1.36. The SMILES string of the molecule is O=C(NCCn1nc2c(cc1=O)CCC2)c1ccc(-n2cccc2)cc1. The normalized spacial score (nSPS) is 12.8. The Morgan fingerprint density at radius 2 is 1.88 bits per heavy atom. The third-order valence-electron chi connectivity index (χ3n) is 4.67. The van der Waals surface area contributed by atoms with E-state index in [-0.39, 0.29) is 11.5 Å². The van der Waals surface area contributed by atoms with Gasteiger partial charge in [-0.15, -0.1) is 0 Å². The molecule has 3 aromatic rings. The number of amides is 1. The molecule has 1 N–H and O–H groups in total. The first-order chi connectivity index (χ1) is 12.7. The molecule has 0 fully saturated rings. The molecular formula is C20H20N4O2. The van der Waals surface area contributed by atoms with Gasteiger partial charge in [-0.3, -0.25) is 9.59 Å². The van der Waals surface area contributed by atoms with E-state index in [4.69, 9.17) is 0 Å². The van der Waals surface area contributed by atoms with Gasteiger partial charge in [0.05, 0.1) is 12.2 Å². The summed E-state index contributed by atoms with van der Waals surface area (Å²) in [5.41, 5.74) is 3.57. The van der Waals surface area contributed by atoms with Gasteiger partial charge in [0.15, 0.2) is 0 Å². The van der Waals surface area contributed by atoms with Crippen LogP contribution < -0.4 is 10.9 Å². The van der Waals surface area contributed by atoms with Gasteiger partial charge in [0.1, 0.15) is 0 Å². The number of hydrogen-bond acceptors (Lipinski definition) is 3. The Morgan fingerprint density at radius 3 is 2.65 bits per heavy atom. The average molecular weight is 348 g/mol. The Hall–Kier alpha value is -3.15. The maximum absolute atomic E-state index is 12.3. The first kappa shape index (κ1) is 16.3. The fourth-order valence-corrected chi connectivity index (χ4v) is 3.27. The molecule has 132 valence electrons. The van der Waals surface area contributed by atoms with Crippen molar-refractivity contribution >= 4 is 5.91 Å². The zero-order valence-electron chi connectivity index (χ0n) is 14.4. The largest absolute Gasteiger partial charge is 0.350 e. The van der Waals surface area contributed by atoms with Gasteiger partial charge in [-0.1, -0.05) is 0 Å². The number of hydrogen-bond donors (Lipinski definition) is 1. The molecule has 2 aromatic heterocycles. The predicted octanol–water partition coefficient (Wildman–Crippen LogP) is 1.95. The Bertz CT molecular complexity index is 972. The van der Waals surface area contributed by atoms with Crippen molar-refractivity contribution in [3.63, 3.8) is 0 Å². The van der Waals surface area contributed by atoms with Crippen LogP contribution in [0.5, 0.6) is 0 Å². The highest BCUT2D eigenvalue weighted by Gasteiger charge is 2.14. The minimum atomic E-state index is -0.154. The number of carbonyl (C=O) groups is 1. The molecule has 6 heteroatoms. The fourth-order valence-electron chi connectivity index (χ4n) is 3.27. The van der Waals surface area contributed by atoms with E-state index in [1.807, 2.05) is 41.2 Å². The molecule has 0 aliphatic heterocycles. The van der Waals surface area contributed by atoms with Crippen molar-refractivity contribution in [2.45, 2.75) is 25.8 Å². The molecule has 0 spiro atoms. The minimum absolute atomic E-state index is 0.101. The minimum Gasteiger partial charge on any atom is -0.350 e. The second-order valence-electron chi connectivity index (χ2n) is 6.42. The highest BCUT2D eigenvalue weighted by Crippen LogP contribution is 2.16. The third-order valence-corrected chi connectivity index (χ3v) is 4.67. The Labute approximate surface area is 151 Å². The highest BCUT2D eigenvalue weighted by molar-refractivity contribution is 5.94. The number of nitrogens with one attached hydrogen (secondary N) is 1. The van der Waals surface area contributed by atoms with Crippen molar-refractivity contribution < 1.29 is 4.79 Å². The Kier molecular flexibility index (Phi) is 4.39. The summed E-state index contributed by atoms with van der Waals surface area (Å²) in [4.78, 5) is 24.3. The van der Waals surface area contributed by atoms with Gasteiger partial charge in [0.2, 0.25) is 0 Å². The summed E-state index contributed by atoms with van der Waals surface area (Å²) >= 11 is 0. The van der Waals surface area contributed by atoms with Gasteiger partial charge in [0.25, 0.3) is 11.5 Å². The van der Waals surface area contributed by atoms with E-state index < -0.39 is 0 Å². The Morgan fingerprint density at radius 1 is 1.12 bits per heavy atom. The molecule has 26 heavy (non-hydrogen) atoms. The van der Waals surface area contributed by atoms with Crippen LogP contribution in [0.15, 0.2) is 59.7 Å². The van der Waals surface area contributed by atoms with E-state index in [0.717, 1.165) is 36.2 Å². The van der Waals surface area contributed by atoms with Crippen LogP contribution >= 0.6 is 0 Å². The van der Waals surface area contributed by atoms with Crippen LogP contribution in [0.2, 0.25) is 0 Å². The lowest BCUT2D eigenvalue weighted by Crippen LogP contribution is -2.32. The average Bonchev–Trinajstić information content (AvgIpc) is 3.33. The summed E-state index contributed by atoms with van der Waals surface area (Å²) < 4.78 is 3.42. The molecule has 0 saturated heterocycles. The summed E-state index contributed by atoms with van der Waals surface area (Å²) in [7, 11) is 0. The molecule has 4 rings (SSSR count). The van der Waals surface area contributed by atoms with E-state index >= 15 is 0 Å². The van der Waals surface area contributed by atoms with Crippen LogP contribution in [0.4, 0.5) is 0 Å². The summed E-state index contributed by atoms with van der Waals surface area (Å²) in [6, 6.07) is 13.0. The first-order valence-electron chi connectivity index (χ1n) is 8.82. The molecule has 0 saturated carbocycles. The van der Waals surface area contributed by atoms with Gasteiger partial charge < -0.3 is 9.88 Å². The molecule has 0 radical (unpaired) electrons. The second-order valence-corrected chi connectivity index (χ2v) is 6.42. The van der Waals surface area contributed by atoms with Crippen molar-refractivity contribution in [2.75, 3.05) is 6.54 Å². The zero-order valence-corrected chi connectivity index (χ0v) is 14.4. The molecule has 0 atom stereocenters. The van der Waals surface area contributed by atoms with E-state index in [0.29, 0.717) is 18.7 Å². The molecule has 2 heterocycles. The van der Waals surface area contributed by atoms with Crippen molar-refractivity contribution in [3.8, 4) is 5.69 Å². The van der Waals surface area contributed by atoms with E-state index in [2.05, 4.69) is 10.4 Å². The maximum atomic E-state index is 12.3. The molecule has 1 amide bonds. The van der Waals surface area contributed by atoms with Gasteiger partial charge in [-0.25, -0.2) is 4.68 Å². The molecule has 0 unspecified atom stereocenters. The smallest absolute Gasteiger partial charge is 0.267 e. The summed E-state index contributed by atoms with van der Waals surface area (Å²) in [6.45, 7) is 0.739. The lowest BCUT2D eigenvalue weighted by atomic mass is 10.2. The topological polar surface area (TPSA) is 68.9 Å². The van der Waals surface area contributed by atoms with Crippen molar-refractivity contribution in [1.29, 1.82) is 0 Å². The van der Waals surface area contributed by atoms with Crippen LogP contribution in [0.1, 0.15) is 28.0 Å². The van der Waals surface area contributed by atoms with Crippen LogP contribution in [0.3, 0.4) is 0 Å². The molecule has 1 aliphatic carbocycles. The molecule has 6 nitrogen and oxygen atoms in total. The van der Waals surface area contributed by atoms with Gasteiger partial charge in [0, 0.05) is 36.3 Å². The third kappa shape index (κ3) is 3.31. The maximum Gasteiger partial charge on any atom is 0.267 e. The number of carbonyl (C=O) groups excluding carboxylic acids is 1. The van der Waals surface area contributed by atoms with E-state index in [9.17, 15) is 9.59 Å². The van der Waals surface area contributed by atoms with E-state index in [1.54, 1.807) is 18.2 Å². The van der Waals surface area contributed by atoms with E-state index in [1.165, 1.54) is 4.68 Å². The lowest BCUT2D eigenvalue weighted by Gasteiger charge is -2.09. The summed E-state index contributed by atoms with van der Waals surface area (Å²) in [6.07, 6.45) is 6.83. The molecule has 1 aliphatic rings. The number of benzene rings is 1.